The second-order valence-corrected chi connectivity index (χ2v) is 6.28. The first-order valence-electron chi connectivity index (χ1n) is 7.02. The summed E-state index contributed by atoms with van der Waals surface area (Å²) in [7, 11) is 1.49. The Morgan fingerprint density at radius 1 is 1.33 bits per heavy atom. The highest BCUT2D eigenvalue weighted by atomic mass is 32.1. The number of thiophene rings is 1. The van der Waals surface area contributed by atoms with Crippen LogP contribution in [-0.4, -0.2) is 34.8 Å². The van der Waals surface area contributed by atoms with Gasteiger partial charge in [0, 0.05) is 18.6 Å². The van der Waals surface area contributed by atoms with E-state index in [9.17, 15) is 4.79 Å². The molecule has 0 saturated carbocycles. The Labute approximate surface area is 146 Å². The number of ether oxygens (including phenoxy) is 2. The number of carbonyl (C=O) groups is 1. The van der Waals surface area contributed by atoms with E-state index in [0.717, 1.165) is 6.42 Å². The van der Waals surface area contributed by atoms with E-state index >= 15 is 0 Å². The molecule has 0 aliphatic rings. The van der Waals surface area contributed by atoms with E-state index in [1.165, 1.54) is 24.0 Å². The van der Waals surface area contributed by atoms with E-state index in [-0.39, 0.29) is 5.91 Å². The van der Waals surface area contributed by atoms with Gasteiger partial charge in [-0.05, 0) is 22.4 Å². The van der Waals surface area contributed by atoms with Crippen molar-refractivity contribution in [1.82, 2.24) is 15.2 Å². The lowest BCUT2D eigenvalue weighted by atomic mass is 10.2. The molecule has 124 valence electrons. The lowest BCUT2D eigenvalue weighted by molar-refractivity contribution is 0.102. The van der Waals surface area contributed by atoms with Gasteiger partial charge in [-0.15, -0.1) is 10.2 Å². The Kier molecular flexibility index (Phi) is 5.34. The standard InChI is InChI=1S/C15H14N4O3S2/c1-21-12-6-11(14(20)18-15-19-16-9-24-15)7-13(17-12)22-4-2-10-3-5-23-8-10/h3,5-9H,2,4H2,1H3,(H,18,19,20). The number of amides is 1. The fourth-order valence-corrected chi connectivity index (χ4v) is 3.04. The molecule has 0 aromatic carbocycles. The summed E-state index contributed by atoms with van der Waals surface area (Å²) in [6.45, 7) is 0.467. The van der Waals surface area contributed by atoms with Crippen LogP contribution in [0, 0.1) is 0 Å². The zero-order valence-corrected chi connectivity index (χ0v) is 14.4. The molecule has 3 heterocycles. The molecule has 1 N–H and O–H groups in total. The Hall–Kier alpha value is -2.52. The smallest absolute Gasteiger partial charge is 0.257 e. The zero-order valence-electron chi connectivity index (χ0n) is 12.8. The fraction of sp³-hybridized carbons (Fsp3) is 0.200. The van der Waals surface area contributed by atoms with Gasteiger partial charge in [0.15, 0.2) is 0 Å². The van der Waals surface area contributed by atoms with Crippen molar-refractivity contribution in [3.8, 4) is 11.8 Å². The number of nitrogens with one attached hydrogen (secondary N) is 1. The number of methoxy groups -OCH3 is 1. The number of carbonyl (C=O) groups excluding carboxylic acids is 1. The summed E-state index contributed by atoms with van der Waals surface area (Å²) < 4.78 is 10.8. The van der Waals surface area contributed by atoms with Crippen molar-refractivity contribution in [3.63, 3.8) is 0 Å². The Bertz CT molecular complexity index is 791. The molecule has 0 aliphatic carbocycles. The van der Waals surface area contributed by atoms with E-state index in [4.69, 9.17) is 9.47 Å². The van der Waals surface area contributed by atoms with Crippen molar-refractivity contribution in [2.45, 2.75) is 6.42 Å². The first-order valence-corrected chi connectivity index (χ1v) is 8.84. The molecular weight excluding hydrogens is 348 g/mol. The molecule has 9 heteroatoms. The maximum absolute atomic E-state index is 12.3. The maximum atomic E-state index is 12.3. The highest BCUT2D eigenvalue weighted by Crippen LogP contribution is 2.20. The number of nitrogens with zero attached hydrogens (tertiary/aromatic N) is 3. The first kappa shape index (κ1) is 16.3. The van der Waals surface area contributed by atoms with Crippen LogP contribution >= 0.6 is 22.7 Å². The third-order valence-electron chi connectivity index (χ3n) is 3.05. The monoisotopic (exact) mass is 362 g/mol. The summed E-state index contributed by atoms with van der Waals surface area (Å²) in [5.74, 6) is 0.326. The topological polar surface area (TPSA) is 86.2 Å². The highest BCUT2D eigenvalue weighted by molar-refractivity contribution is 7.13. The molecule has 0 unspecified atom stereocenters. The van der Waals surface area contributed by atoms with Crippen LogP contribution < -0.4 is 14.8 Å². The summed E-state index contributed by atoms with van der Waals surface area (Å²) in [6.07, 6.45) is 0.773. The molecule has 0 bridgehead atoms. The lowest BCUT2D eigenvalue weighted by Crippen LogP contribution is -2.13. The van der Waals surface area contributed by atoms with E-state index in [2.05, 4.69) is 25.9 Å². The van der Waals surface area contributed by atoms with Crippen LogP contribution in [0.25, 0.3) is 0 Å². The summed E-state index contributed by atoms with van der Waals surface area (Å²) in [5, 5.41) is 14.6. The first-order chi connectivity index (χ1) is 11.7. The number of aromatic nitrogens is 3. The minimum Gasteiger partial charge on any atom is -0.481 e. The summed E-state index contributed by atoms with van der Waals surface area (Å²) in [5.41, 5.74) is 3.13. The van der Waals surface area contributed by atoms with Gasteiger partial charge in [-0.3, -0.25) is 10.1 Å². The molecule has 3 rings (SSSR count). The number of pyridine rings is 1. The molecule has 0 aliphatic heterocycles. The molecule has 0 atom stereocenters. The third-order valence-corrected chi connectivity index (χ3v) is 4.39. The molecule has 0 saturated heterocycles. The Balaban J connectivity index is 1.68. The van der Waals surface area contributed by atoms with Gasteiger partial charge < -0.3 is 9.47 Å². The van der Waals surface area contributed by atoms with Crippen LogP contribution in [0.2, 0.25) is 0 Å². The van der Waals surface area contributed by atoms with Gasteiger partial charge in [0.25, 0.3) is 5.91 Å². The quantitative estimate of drug-likeness (QED) is 0.695. The van der Waals surface area contributed by atoms with E-state index in [0.29, 0.717) is 29.1 Å². The average Bonchev–Trinajstić information content (AvgIpc) is 3.28. The Morgan fingerprint density at radius 2 is 2.21 bits per heavy atom. The van der Waals surface area contributed by atoms with Gasteiger partial charge in [0.1, 0.15) is 5.51 Å². The number of rotatable bonds is 7. The van der Waals surface area contributed by atoms with E-state index in [1.54, 1.807) is 29.0 Å². The van der Waals surface area contributed by atoms with Gasteiger partial charge in [0.05, 0.1) is 19.3 Å². The molecule has 3 aromatic heterocycles. The van der Waals surface area contributed by atoms with E-state index < -0.39 is 0 Å². The molecule has 0 radical (unpaired) electrons. The number of anilines is 1. The van der Waals surface area contributed by atoms with Crippen molar-refractivity contribution in [2.75, 3.05) is 19.0 Å². The van der Waals surface area contributed by atoms with Crippen molar-refractivity contribution >= 4 is 33.7 Å². The number of hydrogen-bond acceptors (Lipinski definition) is 8. The van der Waals surface area contributed by atoms with Crippen molar-refractivity contribution in [1.29, 1.82) is 0 Å². The largest absolute Gasteiger partial charge is 0.481 e. The van der Waals surface area contributed by atoms with Crippen LogP contribution in [0.5, 0.6) is 11.8 Å². The second-order valence-electron chi connectivity index (χ2n) is 4.66. The van der Waals surface area contributed by atoms with Gasteiger partial charge in [-0.25, -0.2) is 0 Å². The van der Waals surface area contributed by atoms with Gasteiger partial charge in [-0.2, -0.15) is 16.3 Å². The predicted molar refractivity (Wildman–Crippen MR) is 92.2 cm³/mol. The molecule has 7 nitrogen and oxygen atoms in total. The van der Waals surface area contributed by atoms with Gasteiger partial charge in [-0.1, -0.05) is 11.3 Å². The zero-order chi connectivity index (χ0) is 16.8. The predicted octanol–water partition coefficient (Wildman–Crippen LogP) is 2.88. The molecule has 24 heavy (non-hydrogen) atoms. The normalized spacial score (nSPS) is 10.4. The maximum Gasteiger partial charge on any atom is 0.257 e. The minimum absolute atomic E-state index is 0.311. The van der Waals surface area contributed by atoms with Crippen LogP contribution in [0.3, 0.4) is 0 Å². The summed E-state index contributed by atoms with van der Waals surface area (Å²) in [6, 6.07) is 5.17. The summed E-state index contributed by atoms with van der Waals surface area (Å²) >= 11 is 2.89. The second kappa shape index (κ2) is 7.84. The summed E-state index contributed by atoms with van der Waals surface area (Å²) in [4.78, 5) is 16.5. The molecule has 0 fully saturated rings. The SMILES string of the molecule is COc1cc(C(=O)Nc2nncs2)cc(OCCc2ccsc2)n1. The molecule has 1 amide bonds. The average molecular weight is 362 g/mol. The van der Waals surface area contributed by atoms with Crippen LogP contribution in [0.1, 0.15) is 15.9 Å². The highest BCUT2D eigenvalue weighted by Gasteiger charge is 2.13. The minimum atomic E-state index is -0.324. The molecule has 3 aromatic rings. The third kappa shape index (κ3) is 4.27. The molecule has 0 spiro atoms. The van der Waals surface area contributed by atoms with Crippen LogP contribution in [0.4, 0.5) is 5.13 Å². The van der Waals surface area contributed by atoms with Crippen molar-refractivity contribution in [3.05, 3.63) is 45.6 Å². The molecular formula is C15H14N4O3S2. The lowest BCUT2D eigenvalue weighted by Gasteiger charge is -2.09. The Morgan fingerprint density at radius 3 is 2.92 bits per heavy atom. The van der Waals surface area contributed by atoms with Crippen LogP contribution in [-0.2, 0) is 6.42 Å². The fourth-order valence-electron chi connectivity index (χ4n) is 1.90. The van der Waals surface area contributed by atoms with E-state index in [1.807, 2.05) is 11.4 Å². The van der Waals surface area contributed by atoms with Gasteiger partial charge in [0.2, 0.25) is 16.9 Å². The number of hydrogen-bond donors (Lipinski definition) is 1. The van der Waals surface area contributed by atoms with Crippen molar-refractivity contribution in [2.24, 2.45) is 0 Å². The van der Waals surface area contributed by atoms with Crippen molar-refractivity contribution < 1.29 is 14.3 Å². The van der Waals surface area contributed by atoms with Crippen LogP contribution in [0.15, 0.2) is 34.5 Å². The van der Waals surface area contributed by atoms with Gasteiger partial charge >= 0.3 is 0 Å².